The van der Waals surface area contributed by atoms with Crippen LogP contribution in [0, 0.1) is 0 Å². The molecule has 1 heterocycles. The van der Waals surface area contributed by atoms with Gasteiger partial charge >= 0.3 is 0 Å². The van der Waals surface area contributed by atoms with Gasteiger partial charge in [-0.15, -0.1) is 0 Å². The van der Waals surface area contributed by atoms with Gasteiger partial charge in [-0.3, -0.25) is 0 Å². The molecule has 0 fully saturated rings. The molecule has 0 amide bonds. The maximum absolute atomic E-state index is 3.41. The Kier molecular flexibility index (Phi) is 3.60. The summed E-state index contributed by atoms with van der Waals surface area (Å²) < 4.78 is 2.35. The van der Waals surface area contributed by atoms with Gasteiger partial charge in [0.25, 0.3) is 0 Å². The number of aromatic nitrogens is 1. The summed E-state index contributed by atoms with van der Waals surface area (Å²) in [4.78, 5) is 0. The van der Waals surface area contributed by atoms with Gasteiger partial charge in [-0.05, 0) is 42.4 Å². The van der Waals surface area contributed by atoms with E-state index in [1.807, 2.05) is 0 Å². The molecule has 0 saturated carbocycles. The van der Waals surface area contributed by atoms with Gasteiger partial charge < -0.3 is 9.88 Å². The molecular weight excluding hydrogens is 280 g/mol. The number of rotatable bonds is 4. The van der Waals surface area contributed by atoms with Gasteiger partial charge in [-0.1, -0.05) is 49.4 Å². The average molecular weight is 300 g/mol. The number of benzene rings is 3. The van der Waals surface area contributed by atoms with Crippen molar-refractivity contribution < 1.29 is 0 Å². The Morgan fingerprint density at radius 3 is 2.35 bits per heavy atom. The van der Waals surface area contributed by atoms with Crippen LogP contribution < -0.4 is 5.32 Å². The van der Waals surface area contributed by atoms with Crippen molar-refractivity contribution in [2.75, 3.05) is 6.54 Å². The highest BCUT2D eigenvalue weighted by Crippen LogP contribution is 2.32. The molecule has 2 nitrogen and oxygen atoms in total. The molecule has 0 aliphatic carbocycles. The summed E-state index contributed by atoms with van der Waals surface area (Å²) in [7, 11) is 0. The van der Waals surface area contributed by atoms with Gasteiger partial charge in [0, 0.05) is 23.0 Å². The molecule has 0 unspecified atom stereocenters. The zero-order valence-electron chi connectivity index (χ0n) is 13.3. The summed E-state index contributed by atoms with van der Waals surface area (Å²) in [6, 6.07) is 26.0. The molecule has 4 rings (SSSR count). The van der Waals surface area contributed by atoms with Gasteiger partial charge in [0.1, 0.15) is 0 Å². The molecule has 0 saturated heterocycles. The van der Waals surface area contributed by atoms with E-state index >= 15 is 0 Å². The third kappa shape index (κ3) is 2.41. The topological polar surface area (TPSA) is 17.0 Å². The Bertz CT molecular complexity index is 952. The third-order valence-electron chi connectivity index (χ3n) is 4.33. The van der Waals surface area contributed by atoms with E-state index in [1.165, 1.54) is 33.1 Å². The second-order valence-electron chi connectivity index (χ2n) is 5.82. The van der Waals surface area contributed by atoms with Crippen molar-refractivity contribution in [1.82, 2.24) is 9.88 Å². The second kappa shape index (κ2) is 5.90. The minimum Gasteiger partial charge on any atom is -0.313 e. The Morgan fingerprint density at radius 1 is 0.783 bits per heavy atom. The van der Waals surface area contributed by atoms with Crippen LogP contribution in [0.2, 0.25) is 0 Å². The first-order valence-electron chi connectivity index (χ1n) is 8.16. The minimum atomic E-state index is 0.914. The Morgan fingerprint density at radius 2 is 1.52 bits per heavy atom. The van der Waals surface area contributed by atoms with Crippen LogP contribution in [0.25, 0.3) is 27.5 Å². The Hall–Kier alpha value is -2.58. The summed E-state index contributed by atoms with van der Waals surface area (Å²) in [5, 5.41) is 6.04. The molecule has 0 spiro atoms. The minimum absolute atomic E-state index is 0.914. The lowest BCUT2D eigenvalue weighted by Crippen LogP contribution is -2.11. The molecule has 4 aromatic rings. The van der Waals surface area contributed by atoms with Crippen LogP contribution in [-0.2, 0) is 6.54 Å². The average Bonchev–Trinajstić information content (AvgIpc) is 2.94. The molecule has 0 bridgehead atoms. The zero-order chi connectivity index (χ0) is 15.6. The molecule has 0 aliphatic rings. The van der Waals surface area contributed by atoms with Crippen molar-refractivity contribution in [3.8, 4) is 5.69 Å². The van der Waals surface area contributed by atoms with Crippen molar-refractivity contribution in [3.63, 3.8) is 0 Å². The van der Waals surface area contributed by atoms with Crippen LogP contribution in [0.5, 0.6) is 0 Å². The predicted octanol–water partition coefficient (Wildman–Crippen LogP) is 4.89. The summed E-state index contributed by atoms with van der Waals surface area (Å²) in [5.74, 6) is 0. The van der Waals surface area contributed by atoms with Crippen molar-refractivity contribution in [2.24, 2.45) is 0 Å². The van der Waals surface area contributed by atoms with E-state index in [0.29, 0.717) is 0 Å². The van der Waals surface area contributed by atoms with Gasteiger partial charge in [-0.25, -0.2) is 0 Å². The number of nitrogens with zero attached hydrogens (tertiary/aromatic N) is 1. The van der Waals surface area contributed by atoms with Crippen LogP contribution in [0.3, 0.4) is 0 Å². The first kappa shape index (κ1) is 14.0. The highest BCUT2D eigenvalue weighted by atomic mass is 15.0. The fourth-order valence-corrected chi connectivity index (χ4v) is 3.25. The number of hydrogen-bond donors (Lipinski definition) is 1. The van der Waals surface area contributed by atoms with E-state index in [-0.39, 0.29) is 0 Å². The SMILES string of the molecule is CCNCc1ccc2c(c1)c1ccccc1n2-c1ccccc1. The molecular formula is C21H20N2. The highest BCUT2D eigenvalue weighted by Gasteiger charge is 2.11. The molecule has 0 aliphatic heterocycles. The Labute approximate surface area is 136 Å². The van der Waals surface area contributed by atoms with E-state index in [0.717, 1.165) is 13.1 Å². The van der Waals surface area contributed by atoms with Gasteiger partial charge in [0.05, 0.1) is 11.0 Å². The Balaban J connectivity index is 2.01. The van der Waals surface area contributed by atoms with Gasteiger partial charge in [0.15, 0.2) is 0 Å². The van der Waals surface area contributed by atoms with Crippen molar-refractivity contribution >= 4 is 21.8 Å². The molecule has 1 aromatic heterocycles. The fourth-order valence-electron chi connectivity index (χ4n) is 3.25. The van der Waals surface area contributed by atoms with Crippen molar-refractivity contribution in [3.05, 3.63) is 78.4 Å². The molecule has 23 heavy (non-hydrogen) atoms. The van der Waals surface area contributed by atoms with Crippen LogP contribution >= 0.6 is 0 Å². The first-order valence-corrected chi connectivity index (χ1v) is 8.16. The van der Waals surface area contributed by atoms with Crippen molar-refractivity contribution in [1.29, 1.82) is 0 Å². The zero-order valence-corrected chi connectivity index (χ0v) is 13.3. The van der Waals surface area contributed by atoms with E-state index in [4.69, 9.17) is 0 Å². The predicted molar refractivity (Wildman–Crippen MR) is 98.2 cm³/mol. The molecule has 2 heteroatoms. The third-order valence-corrected chi connectivity index (χ3v) is 4.33. The second-order valence-corrected chi connectivity index (χ2v) is 5.82. The molecule has 114 valence electrons. The van der Waals surface area contributed by atoms with Crippen LogP contribution in [-0.4, -0.2) is 11.1 Å². The monoisotopic (exact) mass is 300 g/mol. The summed E-state index contributed by atoms with van der Waals surface area (Å²) in [6.45, 7) is 4.04. The van der Waals surface area contributed by atoms with Crippen LogP contribution in [0.15, 0.2) is 72.8 Å². The van der Waals surface area contributed by atoms with E-state index < -0.39 is 0 Å². The number of fused-ring (bicyclic) bond motifs is 3. The van der Waals surface area contributed by atoms with Gasteiger partial charge in [-0.2, -0.15) is 0 Å². The summed E-state index contributed by atoms with van der Waals surface area (Å²) in [5.41, 5.74) is 5.06. The highest BCUT2D eigenvalue weighted by molar-refractivity contribution is 6.09. The standard InChI is InChI=1S/C21H20N2/c1-2-22-15-16-12-13-21-19(14-16)18-10-6-7-11-20(18)23(21)17-8-4-3-5-9-17/h3-14,22H,2,15H2,1H3. The number of hydrogen-bond acceptors (Lipinski definition) is 1. The fraction of sp³-hybridized carbons (Fsp3) is 0.143. The quantitative estimate of drug-likeness (QED) is 0.567. The van der Waals surface area contributed by atoms with E-state index in [9.17, 15) is 0 Å². The van der Waals surface area contributed by atoms with Crippen LogP contribution in [0.4, 0.5) is 0 Å². The summed E-state index contributed by atoms with van der Waals surface area (Å²) >= 11 is 0. The smallest absolute Gasteiger partial charge is 0.0541 e. The normalized spacial score (nSPS) is 11.3. The summed E-state index contributed by atoms with van der Waals surface area (Å²) in [6.07, 6.45) is 0. The molecule has 1 N–H and O–H groups in total. The molecule has 0 radical (unpaired) electrons. The molecule has 0 atom stereocenters. The van der Waals surface area contributed by atoms with E-state index in [1.54, 1.807) is 0 Å². The maximum atomic E-state index is 3.41. The van der Waals surface area contributed by atoms with E-state index in [2.05, 4.69) is 89.6 Å². The lowest BCUT2D eigenvalue weighted by atomic mass is 10.1. The lowest BCUT2D eigenvalue weighted by molar-refractivity contribution is 0.727. The van der Waals surface area contributed by atoms with Gasteiger partial charge in [0.2, 0.25) is 0 Å². The first-order chi connectivity index (χ1) is 11.4. The maximum Gasteiger partial charge on any atom is 0.0541 e. The number of para-hydroxylation sites is 2. The largest absolute Gasteiger partial charge is 0.313 e. The number of nitrogens with one attached hydrogen (secondary N) is 1. The lowest BCUT2D eigenvalue weighted by Gasteiger charge is -2.08. The van der Waals surface area contributed by atoms with Crippen molar-refractivity contribution in [2.45, 2.75) is 13.5 Å². The molecule has 3 aromatic carbocycles. The van der Waals surface area contributed by atoms with Crippen LogP contribution in [0.1, 0.15) is 12.5 Å².